The zero-order valence-corrected chi connectivity index (χ0v) is 23.6. The second kappa shape index (κ2) is 12.9. The molecule has 2 heterocycles. The minimum atomic E-state index is -0.448. The Bertz CT molecular complexity index is 1700. The Balaban J connectivity index is 1.65. The third-order valence-corrected chi connectivity index (χ3v) is 6.57. The number of nitrogens with zero attached hydrogens (tertiary/aromatic N) is 3. The van der Waals surface area contributed by atoms with Crippen molar-refractivity contribution in [1.29, 1.82) is 5.26 Å². The van der Waals surface area contributed by atoms with Gasteiger partial charge in [-0.15, -0.1) is 0 Å². The van der Waals surface area contributed by atoms with Crippen LogP contribution in [0.2, 0.25) is 0 Å². The van der Waals surface area contributed by atoms with E-state index in [4.69, 9.17) is 18.5 Å². The molecule has 1 N–H and O–H groups in total. The number of carbonyl (C=O) groups is 1. The van der Waals surface area contributed by atoms with Gasteiger partial charge in [0, 0.05) is 18.7 Å². The molecule has 2 aromatic heterocycles. The van der Waals surface area contributed by atoms with Crippen LogP contribution in [-0.2, 0) is 13.2 Å². The lowest BCUT2D eigenvalue weighted by Gasteiger charge is -2.19. The lowest BCUT2D eigenvalue weighted by Crippen LogP contribution is -2.23. The standard InChI is InChI=1S/C33H30N4O5/c1-4-35-33(38)31-30(29-15-24(18-34)36-41-29)32(42-37-31)26-16-25(21(2)3)27(39-19-22-11-7-5-8-12-22)17-28(26)40-20-23-13-9-6-10-14-23/h5-17,21H,4,19-20H2,1-3H3,(H,35,38). The molecule has 9 nitrogen and oxygen atoms in total. The molecule has 0 fully saturated rings. The third-order valence-electron chi connectivity index (χ3n) is 6.57. The van der Waals surface area contributed by atoms with Crippen molar-refractivity contribution in [2.45, 2.75) is 39.9 Å². The van der Waals surface area contributed by atoms with Crippen LogP contribution in [0, 0.1) is 11.3 Å². The van der Waals surface area contributed by atoms with E-state index in [1.807, 2.05) is 78.9 Å². The number of hydrogen-bond acceptors (Lipinski definition) is 8. The van der Waals surface area contributed by atoms with Crippen LogP contribution in [0.5, 0.6) is 11.5 Å². The highest BCUT2D eigenvalue weighted by Crippen LogP contribution is 2.44. The first kappa shape index (κ1) is 28.2. The summed E-state index contributed by atoms with van der Waals surface area (Å²) in [6.45, 7) is 6.98. The molecule has 0 aliphatic rings. The molecule has 0 radical (unpaired) electrons. The molecule has 0 atom stereocenters. The maximum Gasteiger partial charge on any atom is 0.274 e. The summed E-state index contributed by atoms with van der Waals surface area (Å²) in [7, 11) is 0. The number of nitrogens with one attached hydrogen (secondary N) is 1. The van der Waals surface area contributed by atoms with E-state index in [0.717, 1.165) is 16.7 Å². The fourth-order valence-corrected chi connectivity index (χ4v) is 4.47. The van der Waals surface area contributed by atoms with E-state index in [1.54, 1.807) is 6.92 Å². The average Bonchev–Trinajstić information content (AvgIpc) is 3.67. The smallest absolute Gasteiger partial charge is 0.274 e. The largest absolute Gasteiger partial charge is 0.488 e. The molecule has 42 heavy (non-hydrogen) atoms. The van der Waals surface area contributed by atoms with Gasteiger partial charge < -0.3 is 23.8 Å². The molecule has 1 amide bonds. The Hall–Kier alpha value is -5.36. The van der Waals surface area contributed by atoms with Crippen molar-refractivity contribution in [2.24, 2.45) is 0 Å². The lowest BCUT2D eigenvalue weighted by atomic mass is 9.95. The molecule has 0 saturated carbocycles. The van der Waals surface area contributed by atoms with Crippen molar-refractivity contribution in [3.05, 3.63) is 107 Å². The van der Waals surface area contributed by atoms with Gasteiger partial charge in [0.2, 0.25) is 0 Å². The van der Waals surface area contributed by atoms with Crippen LogP contribution in [0.15, 0.2) is 87.9 Å². The number of hydrogen-bond donors (Lipinski definition) is 1. The monoisotopic (exact) mass is 562 g/mol. The summed E-state index contributed by atoms with van der Waals surface area (Å²) in [6, 6.07) is 26.9. The third kappa shape index (κ3) is 6.18. The number of carbonyl (C=O) groups excluding carboxylic acids is 1. The Kier molecular flexibility index (Phi) is 8.64. The highest BCUT2D eigenvalue weighted by molar-refractivity contribution is 6.02. The van der Waals surface area contributed by atoms with Gasteiger partial charge in [0.05, 0.1) is 5.56 Å². The molecule has 3 aromatic carbocycles. The maximum absolute atomic E-state index is 13.0. The zero-order chi connectivity index (χ0) is 29.5. The van der Waals surface area contributed by atoms with Gasteiger partial charge in [-0.2, -0.15) is 5.26 Å². The number of rotatable bonds is 11. The Labute approximate surface area is 243 Å². The van der Waals surface area contributed by atoms with Gasteiger partial charge in [0.25, 0.3) is 5.91 Å². The average molecular weight is 563 g/mol. The summed E-state index contributed by atoms with van der Waals surface area (Å²) in [4.78, 5) is 13.0. The summed E-state index contributed by atoms with van der Waals surface area (Å²) in [5, 5.41) is 20.0. The summed E-state index contributed by atoms with van der Waals surface area (Å²) in [5.74, 6) is 1.17. The second-order valence-electron chi connectivity index (χ2n) is 9.87. The van der Waals surface area contributed by atoms with Crippen LogP contribution in [0.4, 0.5) is 0 Å². The Morgan fingerprint density at radius 2 is 1.55 bits per heavy atom. The quantitative estimate of drug-likeness (QED) is 0.184. The molecular weight excluding hydrogens is 532 g/mol. The second-order valence-corrected chi connectivity index (χ2v) is 9.87. The van der Waals surface area contributed by atoms with Gasteiger partial charge in [-0.3, -0.25) is 4.79 Å². The number of nitriles is 1. The first-order valence-corrected chi connectivity index (χ1v) is 13.6. The van der Waals surface area contributed by atoms with Crippen molar-refractivity contribution in [3.63, 3.8) is 0 Å². The fourth-order valence-electron chi connectivity index (χ4n) is 4.47. The van der Waals surface area contributed by atoms with E-state index < -0.39 is 5.91 Å². The van der Waals surface area contributed by atoms with Crippen LogP contribution in [0.3, 0.4) is 0 Å². The van der Waals surface area contributed by atoms with E-state index in [2.05, 4.69) is 29.5 Å². The first-order chi connectivity index (χ1) is 20.5. The number of amides is 1. The van der Waals surface area contributed by atoms with Crippen molar-refractivity contribution < 1.29 is 23.3 Å². The van der Waals surface area contributed by atoms with E-state index in [-0.39, 0.29) is 41.0 Å². The van der Waals surface area contributed by atoms with Gasteiger partial charge in [-0.1, -0.05) is 84.8 Å². The minimum absolute atomic E-state index is 0.0111. The molecule has 0 aliphatic heterocycles. The van der Waals surface area contributed by atoms with E-state index in [1.165, 1.54) is 6.07 Å². The molecule has 0 unspecified atom stereocenters. The van der Waals surface area contributed by atoms with E-state index in [9.17, 15) is 10.1 Å². The van der Waals surface area contributed by atoms with Gasteiger partial charge in [0.15, 0.2) is 22.9 Å². The van der Waals surface area contributed by atoms with Crippen molar-refractivity contribution in [2.75, 3.05) is 6.54 Å². The molecular formula is C33H30N4O5. The molecule has 0 bridgehead atoms. The van der Waals surface area contributed by atoms with Crippen LogP contribution >= 0.6 is 0 Å². The number of aromatic nitrogens is 2. The van der Waals surface area contributed by atoms with Crippen molar-refractivity contribution >= 4 is 5.91 Å². The van der Waals surface area contributed by atoms with Crippen molar-refractivity contribution in [3.8, 4) is 40.2 Å². The molecule has 0 aliphatic carbocycles. The van der Waals surface area contributed by atoms with Crippen molar-refractivity contribution in [1.82, 2.24) is 15.6 Å². The normalized spacial score (nSPS) is 10.8. The predicted octanol–water partition coefficient (Wildman–Crippen LogP) is 6.90. The SMILES string of the molecule is CCNC(=O)c1noc(-c2cc(C(C)C)c(OCc3ccccc3)cc2OCc2ccccc2)c1-c1cc(C#N)no1. The molecule has 9 heteroatoms. The fraction of sp³-hybridized carbons (Fsp3) is 0.212. The topological polar surface area (TPSA) is 123 Å². The summed E-state index contributed by atoms with van der Waals surface area (Å²) in [6.07, 6.45) is 0. The van der Waals surface area contributed by atoms with Gasteiger partial charge >= 0.3 is 0 Å². The van der Waals surface area contributed by atoms with Gasteiger partial charge in [0.1, 0.15) is 36.3 Å². The van der Waals surface area contributed by atoms with Crippen LogP contribution < -0.4 is 14.8 Å². The Morgan fingerprint density at radius 1 is 0.905 bits per heavy atom. The molecule has 212 valence electrons. The van der Waals surface area contributed by atoms with Gasteiger partial charge in [-0.05, 0) is 35.6 Å². The van der Waals surface area contributed by atoms with Crippen LogP contribution in [-0.4, -0.2) is 22.8 Å². The van der Waals surface area contributed by atoms with E-state index >= 15 is 0 Å². The minimum Gasteiger partial charge on any atom is -0.488 e. The van der Waals surface area contributed by atoms with Crippen LogP contribution in [0.1, 0.15) is 59.6 Å². The lowest BCUT2D eigenvalue weighted by molar-refractivity contribution is 0.0947. The van der Waals surface area contributed by atoms with Gasteiger partial charge in [-0.25, -0.2) is 0 Å². The Morgan fingerprint density at radius 3 is 2.12 bits per heavy atom. The highest BCUT2D eigenvalue weighted by Gasteiger charge is 2.30. The van der Waals surface area contributed by atoms with Crippen LogP contribution in [0.25, 0.3) is 22.6 Å². The molecule has 5 rings (SSSR count). The highest BCUT2D eigenvalue weighted by atomic mass is 16.5. The number of benzene rings is 3. The maximum atomic E-state index is 13.0. The first-order valence-electron chi connectivity index (χ1n) is 13.6. The molecule has 0 spiro atoms. The predicted molar refractivity (Wildman–Crippen MR) is 156 cm³/mol. The summed E-state index contributed by atoms with van der Waals surface area (Å²) in [5.41, 5.74) is 3.81. The van der Waals surface area contributed by atoms with E-state index in [0.29, 0.717) is 30.2 Å². The molecule has 0 saturated heterocycles. The number of ether oxygens (including phenoxy) is 2. The summed E-state index contributed by atoms with van der Waals surface area (Å²) >= 11 is 0. The molecule has 5 aromatic rings. The summed E-state index contributed by atoms with van der Waals surface area (Å²) < 4.78 is 24.0. The zero-order valence-electron chi connectivity index (χ0n) is 23.6.